The zero-order chi connectivity index (χ0) is 22.4. The number of hydrogen-bond donors (Lipinski definition) is 2. The molecule has 0 radical (unpaired) electrons. The molecule has 0 fully saturated rings. The van der Waals surface area contributed by atoms with E-state index < -0.39 is 0 Å². The summed E-state index contributed by atoms with van der Waals surface area (Å²) in [7, 11) is 1.80. The lowest BCUT2D eigenvalue weighted by atomic mass is 10.1. The summed E-state index contributed by atoms with van der Waals surface area (Å²) < 4.78 is 1.75. The lowest BCUT2D eigenvalue weighted by molar-refractivity contribution is -0.116. The van der Waals surface area contributed by atoms with Crippen LogP contribution in [0.5, 0.6) is 0 Å². The molecule has 1 heterocycles. The Balaban J connectivity index is 1.57. The highest BCUT2D eigenvalue weighted by Crippen LogP contribution is 2.22. The number of para-hydroxylation sites is 2. The maximum atomic E-state index is 12.5. The van der Waals surface area contributed by atoms with E-state index >= 15 is 0 Å². The van der Waals surface area contributed by atoms with Crippen LogP contribution in [0.3, 0.4) is 0 Å². The molecule has 0 saturated carbocycles. The average Bonchev–Trinajstić information content (AvgIpc) is 3.09. The van der Waals surface area contributed by atoms with Gasteiger partial charge in [-0.15, -0.1) is 10.2 Å². The van der Waals surface area contributed by atoms with Gasteiger partial charge in [0.25, 0.3) is 0 Å². The van der Waals surface area contributed by atoms with Crippen molar-refractivity contribution >= 4 is 35.0 Å². The molecule has 2 aromatic carbocycles. The first-order valence-corrected chi connectivity index (χ1v) is 11.1. The van der Waals surface area contributed by atoms with Crippen LogP contribution in [-0.2, 0) is 29.5 Å². The minimum absolute atomic E-state index is 0.101. The van der Waals surface area contributed by atoms with Gasteiger partial charge in [-0.1, -0.05) is 55.1 Å². The SMILES string of the molecule is CCc1cccc(C)c1NC(=O)CSc1nnc(CC(=O)Nc2ccccc2C)n1C. The van der Waals surface area contributed by atoms with Gasteiger partial charge in [0.1, 0.15) is 5.82 Å². The van der Waals surface area contributed by atoms with Crippen molar-refractivity contribution in [3.63, 3.8) is 0 Å². The fraction of sp³-hybridized carbons (Fsp3) is 0.304. The molecule has 3 rings (SSSR count). The van der Waals surface area contributed by atoms with Gasteiger partial charge in [-0.05, 0) is 43.0 Å². The number of hydrogen-bond acceptors (Lipinski definition) is 5. The van der Waals surface area contributed by atoms with Crippen molar-refractivity contribution in [1.82, 2.24) is 14.8 Å². The van der Waals surface area contributed by atoms with E-state index in [4.69, 9.17) is 0 Å². The number of nitrogens with one attached hydrogen (secondary N) is 2. The summed E-state index contributed by atoms with van der Waals surface area (Å²) in [4.78, 5) is 24.9. The normalized spacial score (nSPS) is 10.7. The van der Waals surface area contributed by atoms with E-state index in [0.717, 1.165) is 34.5 Å². The summed E-state index contributed by atoms with van der Waals surface area (Å²) in [6.07, 6.45) is 0.954. The fourth-order valence-corrected chi connectivity index (χ4v) is 3.91. The molecule has 2 amide bonds. The minimum atomic E-state index is -0.161. The first-order valence-electron chi connectivity index (χ1n) is 10.1. The number of anilines is 2. The molecule has 1 aromatic heterocycles. The Morgan fingerprint density at radius 3 is 2.45 bits per heavy atom. The summed E-state index contributed by atoms with van der Waals surface area (Å²) in [5.41, 5.74) is 4.80. The van der Waals surface area contributed by atoms with Gasteiger partial charge in [0.2, 0.25) is 11.8 Å². The number of aryl methyl sites for hydroxylation is 3. The molecule has 31 heavy (non-hydrogen) atoms. The van der Waals surface area contributed by atoms with Crippen LogP contribution >= 0.6 is 11.8 Å². The third-order valence-corrected chi connectivity index (χ3v) is 6.02. The second-order valence-corrected chi connectivity index (χ2v) is 8.24. The smallest absolute Gasteiger partial charge is 0.234 e. The number of thioether (sulfide) groups is 1. The zero-order valence-electron chi connectivity index (χ0n) is 18.2. The highest BCUT2D eigenvalue weighted by atomic mass is 32.2. The number of aromatic nitrogens is 3. The van der Waals surface area contributed by atoms with Crippen molar-refractivity contribution in [2.45, 2.75) is 38.8 Å². The van der Waals surface area contributed by atoms with Gasteiger partial charge in [0, 0.05) is 18.4 Å². The van der Waals surface area contributed by atoms with E-state index in [2.05, 4.69) is 27.8 Å². The lowest BCUT2D eigenvalue weighted by Crippen LogP contribution is -2.18. The van der Waals surface area contributed by atoms with Crippen LogP contribution < -0.4 is 10.6 Å². The van der Waals surface area contributed by atoms with Gasteiger partial charge in [-0.2, -0.15) is 0 Å². The Kier molecular flexibility index (Phi) is 7.46. The van der Waals surface area contributed by atoms with Gasteiger partial charge in [-0.3, -0.25) is 9.59 Å². The van der Waals surface area contributed by atoms with E-state index in [0.29, 0.717) is 11.0 Å². The molecule has 0 aliphatic heterocycles. The maximum absolute atomic E-state index is 12.5. The summed E-state index contributed by atoms with van der Waals surface area (Å²) in [6.45, 7) is 5.99. The van der Waals surface area contributed by atoms with Crippen LogP contribution in [0.15, 0.2) is 47.6 Å². The van der Waals surface area contributed by atoms with Crippen molar-refractivity contribution in [1.29, 1.82) is 0 Å². The zero-order valence-corrected chi connectivity index (χ0v) is 19.0. The topological polar surface area (TPSA) is 88.9 Å². The molecule has 0 aliphatic carbocycles. The largest absolute Gasteiger partial charge is 0.325 e. The molecule has 7 nitrogen and oxygen atoms in total. The molecule has 0 bridgehead atoms. The minimum Gasteiger partial charge on any atom is -0.325 e. The molecule has 3 aromatic rings. The van der Waals surface area contributed by atoms with Crippen LogP contribution in [0.25, 0.3) is 0 Å². The summed E-state index contributed by atoms with van der Waals surface area (Å²) in [5, 5.41) is 14.8. The van der Waals surface area contributed by atoms with E-state index in [-0.39, 0.29) is 24.0 Å². The highest BCUT2D eigenvalue weighted by molar-refractivity contribution is 7.99. The van der Waals surface area contributed by atoms with E-state index in [1.807, 2.05) is 56.3 Å². The Morgan fingerprint density at radius 1 is 0.968 bits per heavy atom. The van der Waals surface area contributed by atoms with Crippen molar-refractivity contribution in [3.05, 3.63) is 65.0 Å². The van der Waals surface area contributed by atoms with Crippen LogP contribution in [0.4, 0.5) is 11.4 Å². The monoisotopic (exact) mass is 437 g/mol. The Bertz CT molecular complexity index is 1090. The van der Waals surface area contributed by atoms with Crippen molar-refractivity contribution in [3.8, 4) is 0 Å². The summed E-state index contributed by atoms with van der Waals surface area (Å²) in [5.74, 6) is 0.488. The number of rotatable bonds is 8. The molecule has 0 aliphatic rings. The number of carbonyl (C=O) groups is 2. The molecule has 0 spiro atoms. The molecule has 0 atom stereocenters. The number of carbonyl (C=O) groups excluding carboxylic acids is 2. The second kappa shape index (κ2) is 10.3. The van der Waals surface area contributed by atoms with Crippen LogP contribution in [0.1, 0.15) is 29.4 Å². The lowest BCUT2D eigenvalue weighted by Gasteiger charge is -2.12. The fourth-order valence-electron chi connectivity index (χ4n) is 3.18. The standard InChI is InChI=1S/C23H27N5O2S/c1-5-17-11-8-10-16(3)22(17)25-21(30)14-31-23-27-26-19(28(23)4)13-20(29)24-18-12-7-6-9-15(18)2/h6-12H,5,13-14H2,1-4H3,(H,24,29)(H,25,30). The van der Waals surface area contributed by atoms with Crippen molar-refractivity contribution in [2.75, 3.05) is 16.4 Å². The quantitative estimate of drug-likeness (QED) is 0.522. The highest BCUT2D eigenvalue weighted by Gasteiger charge is 2.16. The Labute approximate surface area is 186 Å². The van der Waals surface area contributed by atoms with E-state index in [9.17, 15) is 9.59 Å². The maximum Gasteiger partial charge on any atom is 0.234 e. The van der Waals surface area contributed by atoms with Gasteiger partial charge in [-0.25, -0.2) is 0 Å². The summed E-state index contributed by atoms with van der Waals surface area (Å²) >= 11 is 1.29. The van der Waals surface area contributed by atoms with Gasteiger partial charge in [0.15, 0.2) is 5.16 Å². The summed E-state index contributed by atoms with van der Waals surface area (Å²) in [6, 6.07) is 13.6. The number of amides is 2. The third-order valence-electron chi connectivity index (χ3n) is 5.00. The molecular weight excluding hydrogens is 410 g/mol. The van der Waals surface area contributed by atoms with Crippen molar-refractivity contribution < 1.29 is 9.59 Å². The van der Waals surface area contributed by atoms with Gasteiger partial charge in [0.05, 0.1) is 12.2 Å². The Hall–Kier alpha value is -3.13. The molecule has 8 heteroatoms. The second-order valence-electron chi connectivity index (χ2n) is 7.30. The molecular formula is C23H27N5O2S. The molecule has 162 valence electrons. The average molecular weight is 438 g/mol. The third kappa shape index (κ3) is 5.73. The van der Waals surface area contributed by atoms with Crippen LogP contribution in [-0.4, -0.2) is 32.3 Å². The van der Waals surface area contributed by atoms with Gasteiger partial charge >= 0.3 is 0 Å². The van der Waals surface area contributed by atoms with E-state index in [1.165, 1.54) is 11.8 Å². The van der Waals surface area contributed by atoms with Crippen LogP contribution in [0.2, 0.25) is 0 Å². The van der Waals surface area contributed by atoms with Crippen molar-refractivity contribution in [2.24, 2.45) is 7.05 Å². The number of nitrogens with zero attached hydrogens (tertiary/aromatic N) is 3. The van der Waals surface area contributed by atoms with Crippen LogP contribution in [0, 0.1) is 13.8 Å². The van der Waals surface area contributed by atoms with Gasteiger partial charge < -0.3 is 15.2 Å². The Morgan fingerprint density at radius 2 is 1.71 bits per heavy atom. The first-order chi connectivity index (χ1) is 14.9. The first kappa shape index (κ1) is 22.6. The number of benzene rings is 2. The molecule has 0 unspecified atom stereocenters. The predicted octanol–water partition coefficient (Wildman–Crippen LogP) is 3.91. The molecule has 2 N–H and O–H groups in total. The molecule has 0 saturated heterocycles. The van der Waals surface area contributed by atoms with E-state index in [1.54, 1.807) is 11.6 Å². The predicted molar refractivity (Wildman–Crippen MR) is 124 cm³/mol.